The van der Waals surface area contributed by atoms with Crippen molar-refractivity contribution in [3.05, 3.63) is 101 Å². The number of carbonyl (C=O) groups excluding carboxylic acids is 3. The van der Waals surface area contributed by atoms with E-state index < -0.39 is 23.8 Å². The largest absolute Gasteiger partial charge is 0.507 e. The van der Waals surface area contributed by atoms with E-state index in [9.17, 15) is 19.5 Å². The molecule has 1 saturated heterocycles. The second-order valence-electron chi connectivity index (χ2n) is 13.0. The van der Waals surface area contributed by atoms with Gasteiger partial charge in [-0.3, -0.25) is 14.3 Å². The van der Waals surface area contributed by atoms with Gasteiger partial charge in [-0.2, -0.15) is 5.10 Å². The maximum atomic E-state index is 14.0. The van der Waals surface area contributed by atoms with Gasteiger partial charge >= 0.3 is 6.09 Å². The highest BCUT2D eigenvalue weighted by Crippen LogP contribution is 2.31. The fourth-order valence-corrected chi connectivity index (χ4v) is 5.52. The van der Waals surface area contributed by atoms with Gasteiger partial charge in [0.15, 0.2) is 0 Å². The van der Waals surface area contributed by atoms with E-state index in [4.69, 9.17) is 4.74 Å². The number of benzene rings is 3. The van der Waals surface area contributed by atoms with Gasteiger partial charge in [-0.15, -0.1) is 0 Å². The summed E-state index contributed by atoms with van der Waals surface area (Å²) >= 11 is 0. The quantitative estimate of drug-likeness (QED) is 0.216. The fourth-order valence-electron chi connectivity index (χ4n) is 5.52. The first-order valence-corrected chi connectivity index (χ1v) is 16.2. The zero-order chi connectivity index (χ0) is 35.1. The number of aromatic nitrogens is 2. The number of nitrogens with one attached hydrogen (secondary N) is 3. The number of nitrogens with zero attached hydrogens (tertiary/aromatic N) is 3. The number of alkyl carbamates (subject to hydrolysis) is 1. The fraction of sp³-hybridized carbons (Fsp3) is 0.316. The molecule has 1 aliphatic rings. The number of aryl methyl sites for hydroxylation is 2. The topological polar surface area (TPSA) is 138 Å². The van der Waals surface area contributed by atoms with E-state index in [1.165, 1.54) is 4.90 Å². The standard InChI is InChI=1S/C38H42N6O5/c1-25-11-18-33(45)30(21-25)34-28(24-43(5)42-34)15-12-26-13-16-29(17-14-26)40-35(46)32-23-39-19-20-44(32)36(47)31(22-27-9-7-6-8-10-27)41-37(48)49-38(2,3)4/h6-11,13-14,16-18,21,24,31-32,39,45H,19-20,22-23H2,1-5H3,(H,40,46)(H,41,48)/t31-,32?/m0/s1. The summed E-state index contributed by atoms with van der Waals surface area (Å²) in [6.45, 7) is 8.28. The van der Waals surface area contributed by atoms with Gasteiger partial charge in [0.05, 0.1) is 5.56 Å². The lowest BCUT2D eigenvalue weighted by atomic mass is 10.0. The molecule has 2 heterocycles. The lowest BCUT2D eigenvalue weighted by molar-refractivity contribution is -0.141. The van der Waals surface area contributed by atoms with E-state index in [-0.39, 0.29) is 30.5 Å². The summed E-state index contributed by atoms with van der Waals surface area (Å²) in [4.78, 5) is 41.8. The Bertz CT molecular complexity index is 1870. The molecule has 0 radical (unpaired) electrons. The van der Waals surface area contributed by atoms with Crippen molar-refractivity contribution in [2.24, 2.45) is 7.05 Å². The van der Waals surface area contributed by atoms with Crippen LogP contribution in [0, 0.1) is 18.8 Å². The zero-order valence-electron chi connectivity index (χ0n) is 28.4. The van der Waals surface area contributed by atoms with Crippen molar-refractivity contribution in [2.75, 3.05) is 25.0 Å². The number of phenols is 1. The van der Waals surface area contributed by atoms with Crippen LogP contribution < -0.4 is 16.0 Å². The Morgan fingerprint density at radius 3 is 2.51 bits per heavy atom. The molecule has 0 aliphatic carbocycles. The van der Waals surface area contributed by atoms with Crippen LogP contribution in [0.1, 0.15) is 43.0 Å². The van der Waals surface area contributed by atoms with Crippen molar-refractivity contribution in [3.63, 3.8) is 0 Å². The molecule has 4 N–H and O–H groups in total. The minimum atomic E-state index is -0.932. The smallest absolute Gasteiger partial charge is 0.408 e. The van der Waals surface area contributed by atoms with E-state index in [1.807, 2.05) is 49.4 Å². The Morgan fingerprint density at radius 1 is 1.06 bits per heavy atom. The third kappa shape index (κ3) is 9.27. The Labute approximate surface area is 286 Å². The minimum Gasteiger partial charge on any atom is -0.507 e. The highest BCUT2D eigenvalue weighted by atomic mass is 16.6. The van der Waals surface area contributed by atoms with Gasteiger partial charge in [-0.1, -0.05) is 53.8 Å². The predicted octanol–water partition coefficient (Wildman–Crippen LogP) is 4.38. The molecule has 2 atom stereocenters. The van der Waals surface area contributed by atoms with Crippen molar-refractivity contribution >= 4 is 23.6 Å². The van der Waals surface area contributed by atoms with Gasteiger partial charge in [0.2, 0.25) is 11.8 Å². The molecule has 11 nitrogen and oxygen atoms in total. The van der Waals surface area contributed by atoms with Crippen molar-refractivity contribution in [1.29, 1.82) is 0 Å². The molecule has 1 aliphatic heterocycles. The van der Waals surface area contributed by atoms with E-state index in [0.717, 1.165) is 16.7 Å². The second kappa shape index (κ2) is 15.1. The average molecular weight is 663 g/mol. The number of piperazine rings is 1. The second-order valence-corrected chi connectivity index (χ2v) is 13.0. The van der Waals surface area contributed by atoms with Crippen LogP contribution in [0.5, 0.6) is 5.75 Å². The summed E-state index contributed by atoms with van der Waals surface area (Å²) in [6, 6.07) is 20.1. The van der Waals surface area contributed by atoms with E-state index in [1.54, 1.807) is 69.0 Å². The highest BCUT2D eigenvalue weighted by molar-refractivity contribution is 5.98. The molecule has 0 bridgehead atoms. The van der Waals surface area contributed by atoms with Gasteiger partial charge in [0.25, 0.3) is 0 Å². The summed E-state index contributed by atoms with van der Waals surface area (Å²) < 4.78 is 7.11. The molecule has 11 heteroatoms. The number of anilines is 1. The molecule has 0 saturated carbocycles. The van der Waals surface area contributed by atoms with Crippen molar-refractivity contribution in [1.82, 2.24) is 25.3 Å². The molecule has 1 unspecified atom stereocenters. The molecule has 3 amide bonds. The lowest BCUT2D eigenvalue weighted by Crippen LogP contribution is -2.62. The molecule has 0 spiro atoms. The summed E-state index contributed by atoms with van der Waals surface area (Å²) in [5, 5.41) is 23.8. The van der Waals surface area contributed by atoms with Gasteiger partial charge in [-0.05, 0) is 69.7 Å². The summed E-state index contributed by atoms with van der Waals surface area (Å²) in [5.74, 6) is 5.71. The summed E-state index contributed by atoms with van der Waals surface area (Å²) in [7, 11) is 1.80. The van der Waals surface area contributed by atoms with Gasteiger partial charge < -0.3 is 30.7 Å². The number of ether oxygens (including phenoxy) is 1. The predicted molar refractivity (Wildman–Crippen MR) is 188 cm³/mol. The van der Waals surface area contributed by atoms with E-state index in [2.05, 4.69) is 32.9 Å². The number of amides is 3. The summed E-state index contributed by atoms with van der Waals surface area (Å²) in [5.41, 5.74) is 4.26. The minimum absolute atomic E-state index is 0.131. The Morgan fingerprint density at radius 2 is 1.80 bits per heavy atom. The highest BCUT2D eigenvalue weighted by Gasteiger charge is 2.37. The van der Waals surface area contributed by atoms with Crippen LogP contribution in [-0.4, -0.2) is 75.0 Å². The normalized spacial score (nSPS) is 15.0. The molecule has 1 aromatic heterocycles. The third-order valence-corrected chi connectivity index (χ3v) is 7.83. The lowest BCUT2D eigenvalue weighted by Gasteiger charge is -2.37. The Balaban J connectivity index is 1.29. The van der Waals surface area contributed by atoms with Crippen molar-refractivity contribution < 1.29 is 24.2 Å². The van der Waals surface area contributed by atoms with E-state index >= 15 is 0 Å². The number of hydrogen-bond acceptors (Lipinski definition) is 7. The number of phenolic OH excluding ortho intramolecular Hbond substituents is 1. The average Bonchev–Trinajstić information content (AvgIpc) is 3.44. The first kappa shape index (κ1) is 34.7. The monoisotopic (exact) mass is 662 g/mol. The molecule has 254 valence electrons. The Hall–Kier alpha value is -5.60. The van der Waals surface area contributed by atoms with Gasteiger partial charge in [0.1, 0.15) is 29.1 Å². The van der Waals surface area contributed by atoms with Gasteiger partial charge in [0, 0.05) is 56.1 Å². The van der Waals surface area contributed by atoms with Crippen molar-refractivity contribution in [2.45, 2.75) is 51.8 Å². The molecule has 5 rings (SSSR count). The SMILES string of the molecule is Cc1ccc(O)c(-c2nn(C)cc2C#Cc2ccc(NC(=O)C3CNCCN3C(=O)[C@H](Cc3ccccc3)NC(=O)OC(C)(C)C)cc2)c1. The zero-order valence-corrected chi connectivity index (χ0v) is 28.4. The maximum Gasteiger partial charge on any atom is 0.408 e. The number of aromatic hydroxyl groups is 1. The van der Waals surface area contributed by atoms with Crippen molar-refractivity contribution in [3.8, 4) is 28.8 Å². The Kier molecular flexibility index (Phi) is 10.7. The number of rotatable bonds is 7. The van der Waals surface area contributed by atoms with Crippen LogP contribution in [0.4, 0.5) is 10.5 Å². The van der Waals surface area contributed by atoms with Gasteiger partial charge in [-0.25, -0.2) is 4.79 Å². The maximum absolute atomic E-state index is 14.0. The first-order valence-electron chi connectivity index (χ1n) is 16.2. The molecule has 3 aromatic carbocycles. The van der Waals surface area contributed by atoms with Crippen LogP contribution in [0.3, 0.4) is 0 Å². The third-order valence-electron chi connectivity index (χ3n) is 7.83. The van der Waals surface area contributed by atoms with Crippen LogP contribution in [-0.2, 0) is 27.8 Å². The molecular formula is C38H42N6O5. The number of hydrogen-bond donors (Lipinski definition) is 4. The molecule has 49 heavy (non-hydrogen) atoms. The molecular weight excluding hydrogens is 620 g/mol. The van der Waals surface area contributed by atoms with Crippen LogP contribution >= 0.6 is 0 Å². The first-order chi connectivity index (χ1) is 23.4. The van der Waals surface area contributed by atoms with E-state index in [0.29, 0.717) is 35.6 Å². The van der Waals surface area contributed by atoms with Crippen LogP contribution in [0.25, 0.3) is 11.3 Å². The van der Waals surface area contributed by atoms with Crippen LogP contribution in [0.15, 0.2) is 79.0 Å². The molecule has 4 aromatic rings. The number of carbonyl (C=O) groups is 3. The van der Waals surface area contributed by atoms with Crippen LogP contribution in [0.2, 0.25) is 0 Å². The molecule has 1 fully saturated rings. The summed E-state index contributed by atoms with van der Waals surface area (Å²) in [6.07, 6.45) is 1.35.